The van der Waals surface area contributed by atoms with Gasteiger partial charge in [0.2, 0.25) is 0 Å². The Balaban J connectivity index is 1.45. The maximum atomic E-state index is 13.9. The number of hydrogen-bond acceptors (Lipinski definition) is 8. The summed E-state index contributed by atoms with van der Waals surface area (Å²) >= 11 is 2.31. The van der Waals surface area contributed by atoms with Gasteiger partial charge in [0.1, 0.15) is 0 Å². The van der Waals surface area contributed by atoms with Gasteiger partial charge in [0.25, 0.3) is 20.2 Å². The van der Waals surface area contributed by atoms with Crippen LogP contribution in [0.25, 0.3) is 22.5 Å². The number of nitrogens with zero attached hydrogens (tertiary/aromatic N) is 4. The highest BCUT2D eigenvalue weighted by atomic mass is 32.2. The lowest BCUT2D eigenvalue weighted by Gasteiger charge is -2.16. The molecule has 6 rings (SSSR count). The van der Waals surface area contributed by atoms with Crippen molar-refractivity contribution in [3.8, 4) is 22.5 Å². The maximum Gasteiger partial charge on any atom is 0.416 e. The van der Waals surface area contributed by atoms with Gasteiger partial charge in [-0.25, -0.2) is 9.98 Å². The predicted octanol–water partition coefficient (Wildman–Crippen LogP) is 9.40. The monoisotopic (exact) mass is 868 g/mol. The first-order valence-corrected chi connectivity index (χ1v) is 21.3. The van der Waals surface area contributed by atoms with Crippen LogP contribution in [0.5, 0.6) is 0 Å². The van der Waals surface area contributed by atoms with Crippen LogP contribution in [0.15, 0.2) is 122 Å². The Kier molecular flexibility index (Phi) is 11.9. The molecule has 57 heavy (non-hydrogen) atoms. The van der Waals surface area contributed by atoms with Gasteiger partial charge in [-0.1, -0.05) is 30.3 Å². The maximum absolute atomic E-state index is 13.9. The molecule has 0 amide bonds. The SMILES string of the molecule is CCn1c(-c2ccccc2)c(CCCn2c(-c3cc(C(F)(F)F)cc(C(F)(F)F)c3)csc2=Nc2ccc(S(=O)(=O)O)cc2)sc1=Nc1ccc(S(=O)(=O)O)cc1. The van der Waals surface area contributed by atoms with Crippen molar-refractivity contribution in [2.24, 2.45) is 9.98 Å². The third-order valence-electron chi connectivity index (χ3n) is 8.53. The second-order valence-electron chi connectivity index (χ2n) is 12.4. The van der Waals surface area contributed by atoms with Crippen molar-refractivity contribution in [3.63, 3.8) is 0 Å². The van der Waals surface area contributed by atoms with Crippen molar-refractivity contribution in [1.29, 1.82) is 0 Å². The molecular weight excluding hydrogens is 839 g/mol. The van der Waals surface area contributed by atoms with Crippen molar-refractivity contribution in [2.45, 2.75) is 55.0 Å². The molecule has 0 radical (unpaired) electrons. The van der Waals surface area contributed by atoms with Crippen molar-refractivity contribution in [2.75, 3.05) is 0 Å². The molecule has 300 valence electrons. The first-order valence-electron chi connectivity index (χ1n) is 16.7. The van der Waals surface area contributed by atoms with Gasteiger partial charge >= 0.3 is 12.4 Å². The largest absolute Gasteiger partial charge is 0.416 e. The first-order chi connectivity index (χ1) is 26.7. The minimum Gasteiger partial charge on any atom is -0.316 e. The van der Waals surface area contributed by atoms with Crippen LogP contribution in [0, 0.1) is 0 Å². The molecule has 20 heteroatoms. The normalized spacial score (nSPS) is 13.4. The molecule has 0 aliphatic carbocycles. The highest BCUT2D eigenvalue weighted by molar-refractivity contribution is 7.86. The summed E-state index contributed by atoms with van der Waals surface area (Å²) in [5, 5.41) is 1.40. The highest BCUT2D eigenvalue weighted by Gasteiger charge is 2.37. The average Bonchev–Trinajstić information content (AvgIpc) is 3.70. The summed E-state index contributed by atoms with van der Waals surface area (Å²) in [5.41, 5.74) is -0.991. The topological polar surface area (TPSA) is 143 Å². The Bertz CT molecular complexity index is 2740. The lowest BCUT2D eigenvalue weighted by Crippen LogP contribution is -2.17. The Labute approximate surface area is 329 Å². The van der Waals surface area contributed by atoms with Gasteiger partial charge in [-0.3, -0.25) is 9.11 Å². The number of aromatic nitrogens is 2. The van der Waals surface area contributed by atoms with Crippen molar-refractivity contribution >= 4 is 54.3 Å². The van der Waals surface area contributed by atoms with Crippen LogP contribution < -0.4 is 9.60 Å². The molecule has 0 aliphatic rings. The summed E-state index contributed by atoms with van der Waals surface area (Å²) in [6, 6.07) is 20.8. The number of alkyl halides is 6. The molecule has 0 saturated carbocycles. The predicted molar refractivity (Wildman–Crippen MR) is 202 cm³/mol. The lowest BCUT2D eigenvalue weighted by atomic mass is 10.0. The standard InChI is InChI=1S/C37H30F6N4O6S4/c1-2-46-33(23-7-4-3-5-8-23)32(55-35(46)45-28-12-16-30(17-13-28)57(51,52)53)9-6-18-47-31(24-19-25(36(38,39)40)21-26(20-24)37(41,42)43)22-54-34(47)44-27-10-14-29(15-11-27)56(48,49)50/h3-5,7-8,10-17,19-22H,2,6,9,18H2,1H3,(H,48,49,50)(H,51,52,53). The van der Waals surface area contributed by atoms with Crippen molar-refractivity contribution in [3.05, 3.63) is 128 Å². The van der Waals surface area contributed by atoms with E-state index in [4.69, 9.17) is 4.99 Å². The molecule has 0 atom stereocenters. The zero-order chi connectivity index (χ0) is 41.3. The van der Waals surface area contributed by atoms with E-state index in [0.29, 0.717) is 42.0 Å². The van der Waals surface area contributed by atoms with E-state index in [1.54, 1.807) is 0 Å². The third kappa shape index (κ3) is 9.82. The molecule has 0 unspecified atom stereocenters. The van der Waals surface area contributed by atoms with E-state index in [0.717, 1.165) is 39.6 Å². The van der Waals surface area contributed by atoms with Crippen LogP contribution in [-0.2, 0) is 52.1 Å². The van der Waals surface area contributed by atoms with Gasteiger partial charge in [0.15, 0.2) is 9.60 Å². The Morgan fingerprint density at radius 1 is 0.667 bits per heavy atom. The quantitative estimate of drug-likeness (QED) is 0.0982. The number of rotatable bonds is 11. The number of thiazole rings is 2. The molecule has 6 aromatic rings. The van der Waals surface area contributed by atoms with Crippen molar-refractivity contribution < 1.29 is 52.3 Å². The lowest BCUT2D eigenvalue weighted by molar-refractivity contribution is -0.143. The van der Waals surface area contributed by atoms with Gasteiger partial charge in [-0.2, -0.15) is 43.2 Å². The van der Waals surface area contributed by atoms with E-state index in [1.807, 2.05) is 41.8 Å². The van der Waals surface area contributed by atoms with Gasteiger partial charge in [-0.05, 0) is 92.1 Å². The van der Waals surface area contributed by atoms with Crippen LogP contribution in [0.3, 0.4) is 0 Å². The van der Waals surface area contributed by atoms with E-state index in [2.05, 4.69) is 4.99 Å². The fourth-order valence-corrected chi connectivity index (χ4v) is 9.08. The van der Waals surface area contributed by atoms with E-state index < -0.39 is 48.6 Å². The molecule has 4 aromatic carbocycles. The number of benzene rings is 4. The summed E-state index contributed by atoms with van der Waals surface area (Å²) in [7, 11) is -8.94. The fraction of sp³-hybridized carbons (Fsp3) is 0.189. The van der Waals surface area contributed by atoms with Crippen molar-refractivity contribution in [1.82, 2.24) is 9.13 Å². The van der Waals surface area contributed by atoms with Crippen LogP contribution in [0.1, 0.15) is 29.3 Å². The van der Waals surface area contributed by atoms with E-state index >= 15 is 0 Å². The molecule has 0 fully saturated rings. The summed E-state index contributed by atoms with van der Waals surface area (Å²) in [6.07, 6.45) is -9.48. The number of aryl methyl sites for hydroxylation is 1. The second kappa shape index (κ2) is 16.2. The molecule has 10 nitrogen and oxygen atoms in total. The Hall–Kier alpha value is -4.86. The Morgan fingerprint density at radius 2 is 1.18 bits per heavy atom. The van der Waals surface area contributed by atoms with Crippen LogP contribution in [0.4, 0.5) is 37.7 Å². The van der Waals surface area contributed by atoms with Crippen LogP contribution in [-0.4, -0.2) is 35.1 Å². The van der Waals surface area contributed by atoms with E-state index in [1.165, 1.54) is 57.7 Å². The number of halogens is 6. The average molecular weight is 869 g/mol. The van der Waals surface area contributed by atoms with Gasteiger partial charge < -0.3 is 9.13 Å². The minimum absolute atomic E-state index is 0.0343. The van der Waals surface area contributed by atoms with Gasteiger partial charge in [-0.15, -0.1) is 22.7 Å². The number of hydrogen-bond donors (Lipinski definition) is 2. The van der Waals surface area contributed by atoms with Crippen LogP contribution >= 0.6 is 22.7 Å². The minimum atomic E-state index is -5.08. The van der Waals surface area contributed by atoms with E-state index in [9.17, 15) is 52.3 Å². The molecule has 0 bridgehead atoms. The third-order valence-corrected chi connectivity index (χ3v) is 12.3. The summed E-state index contributed by atoms with van der Waals surface area (Å²) in [6.45, 7) is 2.46. The first kappa shape index (κ1) is 41.8. The van der Waals surface area contributed by atoms with Crippen LogP contribution in [0.2, 0.25) is 0 Å². The van der Waals surface area contributed by atoms with E-state index in [-0.39, 0.29) is 39.3 Å². The summed E-state index contributed by atoms with van der Waals surface area (Å²) in [5.74, 6) is 0. The molecule has 2 heterocycles. The molecule has 0 spiro atoms. The zero-order valence-electron chi connectivity index (χ0n) is 29.4. The molecular formula is C37H30F6N4O6S4. The van der Waals surface area contributed by atoms with Gasteiger partial charge in [0.05, 0.1) is 43.7 Å². The zero-order valence-corrected chi connectivity index (χ0v) is 32.6. The Morgan fingerprint density at radius 3 is 1.65 bits per heavy atom. The molecule has 0 saturated heterocycles. The second-order valence-corrected chi connectivity index (χ2v) is 17.1. The molecule has 2 N–H and O–H groups in total. The molecule has 2 aromatic heterocycles. The fourth-order valence-electron chi connectivity index (χ4n) is 5.89. The summed E-state index contributed by atoms with van der Waals surface area (Å²) < 4.78 is 152. The molecule has 0 aliphatic heterocycles. The highest BCUT2D eigenvalue weighted by Crippen LogP contribution is 2.39. The summed E-state index contributed by atoms with van der Waals surface area (Å²) in [4.78, 5) is 10.2. The smallest absolute Gasteiger partial charge is 0.316 e. The van der Waals surface area contributed by atoms with Gasteiger partial charge in [0, 0.05) is 28.9 Å².